The van der Waals surface area contributed by atoms with Crippen molar-refractivity contribution in [2.45, 2.75) is 43.9 Å². The number of fused-ring (bicyclic) bond motifs is 1. The lowest BCUT2D eigenvalue weighted by molar-refractivity contribution is -0.137. The van der Waals surface area contributed by atoms with Gasteiger partial charge in [-0.15, -0.1) is 0 Å². The molecule has 0 bridgehead atoms. The smallest absolute Gasteiger partial charge is 0.333 e. The van der Waals surface area contributed by atoms with Crippen molar-refractivity contribution in [3.05, 3.63) is 70.8 Å². The number of rotatable bonds is 2. The van der Waals surface area contributed by atoms with Crippen molar-refractivity contribution in [3.63, 3.8) is 0 Å². The molecule has 2 aliphatic rings. The maximum absolute atomic E-state index is 12.9. The van der Waals surface area contributed by atoms with Crippen molar-refractivity contribution in [1.29, 1.82) is 0 Å². The van der Waals surface area contributed by atoms with Crippen molar-refractivity contribution < 1.29 is 18.0 Å². The molecule has 1 atom stereocenters. The molecule has 1 aliphatic carbocycles. The molecule has 1 aliphatic heterocycles. The fourth-order valence-corrected chi connectivity index (χ4v) is 3.64. The highest BCUT2D eigenvalue weighted by Crippen LogP contribution is 2.39. The molecule has 4 rings (SSSR count). The van der Waals surface area contributed by atoms with Crippen LogP contribution in [-0.2, 0) is 12.6 Å². The standard InChI is InChI=1S/C21H21F3N2O/c1-20(11-12-20)25-19(27)26-13-10-14-4-2-3-5-17(14)18(26)15-6-8-16(9-7-15)21(22,23)24/h2-9,18H,10-13H2,1H3,(H,25,27)/t18-/m1/s1. The summed E-state index contributed by atoms with van der Waals surface area (Å²) in [5.41, 5.74) is 1.95. The summed E-state index contributed by atoms with van der Waals surface area (Å²) in [4.78, 5) is 14.7. The Morgan fingerprint density at radius 1 is 1.11 bits per heavy atom. The molecule has 142 valence electrons. The second-order valence-electron chi connectivity index (χ2n) is 7.66. The number of alkyl halides is 3. The highest BCUT2D eigenvalue weighted by atomic mass is 19.4. The van der Waals surface area contributed by atoms with Crippen LogP contribution in [0.25, 0.3) is 0 Å². The van der Waals surface area contributed by atoms with Gasteiger partial charge in [0.1, 0.15) is 0 Å². The summed E-state index contributed by atoms with van der Waals surface area (Å²) in [7, 11) is 0. The lowest BCUT2D eigenvalue weighted by Crippen LogP contribution is -2.49. The second-order valence-corrected chi connectivity index (χ2v) is 7.66. The van der Waals surface area contributed by atoms with E-state index in [1.165, 1.54) is 12.1 Å². The van der Waals surface area contributed by atoms with E-state index in [4.69, 9.17) is 0 Å². The summed E-state index contributed by atoms with van der Waals surface area (Å²) in [5, 5.41) is 3.07. The number of nitrogens with one attached hydrogen (secondary N) is 1. The SMILES string of the molecule is CC1(NC(=O)N2CCc3ccccc3[C@H]2c2ccc(C(F)(F)F)cc2)CC1. The highest BCUT2D eigenvalue weighted by Gasteiger charge is 2.42. The Hall–Kier alpha value is -2.50. The second kappa shape index (κ2) is 6.29. The molecule has 1 N–H and O–H groups in total. The van der Waals surface area contributed by atoms with E-state index in [1.807, 2.05) is 31.2 Å². The third kappa shape index (κ3) is 3.53. The first-order chi connectivity index (χ1) is 12.8. The molecule has 0 unspecified atom stereocenters. The number of nitrogens with zero attached hydrogens (tertiary/aromatic N) is 1. The first-order valence-electron chi connectivity index (χ1n) is 9.11. The minimum Gasteiger partial charge on any atom is -0.333 e. The number of hydrogen-bond acceptors (Lipinski definition) is 1. The molecule has 0 saturated heterocycles. The summed E-state index contributed by atoms with van der Waals surface area (Å²) >= 11 is 0. The fourth-order valence-electron chi connectivity index (χ4n) is 3.64. The van der Waals surface area contributed by atoms with Crippen LogP contribution in [0.5, 0.6) is 0 Å². The van der Waals surface area contributed by atoms with E-state index in [0.717, 1.165) is 42.5 Å². The Labute approximate surface area is 156 Å². The summed E-state index contributed by atoms with van der Waals surface area (Å²) in [5.74, 6) is 0. The Balaban J connectivity index is 1.71. The van der Waals surface area contributed by atoms with Gasteiger partial charge >= 0.3 is 12.2 Å². The van der Waals surface area contributed by atoms with Crippen LogP contribution >= 0.6 is 0 Å². The van der Waals surface area contributed by atoms with Gasteiger partial charge < -0.3 is 10.2 Å². The van der Waals surface area contributed by atoms with E-state index < -0.39 is 11.7 Å². The molecule has 27 heavy (non-hydrogen) atoms. The monoisotopic (exact) mass is 374 g/mol. The topological polar surface area (TPSA) is 32.3 Å². The van der Waals surface area contributed by atoms with Gasteiger partial charge in [-0.05, 0) is 55.0 Å². The van der Waals surface area contributed by atoms with Crippen LogP contribution in [0.1, 0.15) is 48.1 Å². The first kappa shape index (κ1) is 17.9. The van der Waals surface area contributed by atoms with Crippen LogP contribution < -0.4 is 5.32 Å². The van der Waals surface area contributed by atoms with E-state index in [-0.39, 0.29) is 17.6 Å². The van der Waals surface area contributed by atoms with Crippen LogP contribution in [0.3, 0.4) is 0 Å². The van der Waals surface area contributed by atoms with Crippen molar-refractivity contribution in [2.24, 2.45) is 0 Å². The third-order valence-corrected chi connectivity index (χ3v) is 5.51. The van der Waals surface area contributed by atoms with Gasteiger partial charge in [-0.2, -0.15) is 13.2 Å². The molecule has 0 spiro atoms. The summed E-state index contributed by atoms with van der Waals surface area (Å²) < 4.78 is 38.8. The van der Waals surface area contributed by atoms with Gasteiger partial charge in [0.15, 0.2) is 0 Å². The zero-order chi connectivity index (χ0) is 19.2. The number of benzene rings is 2. The number of halogens is 3. The molecule has 1 fully saturated rings. The van der Waals surface area contributed by atoms with Gasteiger partial charge in [0.2, 0.25) is 0 Å². The average molecular weight is 374 g/mol. The van der Waals surface area contributed by atoms with Crippen molar-refractivity contribution in [2.75, 3.05) is 6.54 Å². The molecule has 6 heteroatoms. The van der Waals surface area contributed by atoms with Gasteiger partial charge in [-0.25, -0.2) is 4.79 Å². The first-order valence-corrected chi connectivity index (χ1v) is 9.11. The maximum Gasteiger partial charge on any atom is 0.416 e. The molecular formula is C21H21F3N2O. The molecule has 1 saturated carbocycles. The quantitative estimate of drug-likeness (QED) is 0.796. The Morgan fingerprint density at radius 2 is 1.78 bits per heavy atom. The predicted octanol–water partition coefficient (Wildman–Crippen LogP) is 4.92. The van der Waals surface area contributed by atoms with E-state index in [0.29, 0.717) is 12.1 Å². The lowest BCUT2D eigenvalue weighted by Gasteiger charge is -2.38. The Bertz CT molecular complexity index is 856. The normalized spacial score (nSPS) is 20.7. The summed E-state index contributed by atoms with van der Waals surface area (Å²) in [6.45, 7) is 2.54. The van der Waals surface area contributed by atoms with Crippen molar-refractivity contribution in [3.8, 4) is 0 Å². The Kier molecular flexibility index (Phi) is 4.17. The molecular weight excluding hydrogens is 353 g/mol. The molecule has 2 amide bonds. The van der Waals surface area contributed by atoms with E-state index in [9.17, 15) is 18.0 Å². The number of urea groups is 1. The number of carbonyl (C=O) groups excluding carboxylic acids is 1. The van der Waals surface area contributed by atoms with Crippen molar-refractivity contribution >= 4 is 6.03 Å². The molecule has 0 radical (unpaired) electrons. The van der Waals surface area contributed by atoms with E-state index in [1.54, 1.807) is 4.90 Å². The number of carbonyl (C=O) groups is 1. The molecule has 0 aromatic heterocycles. The van der Waals surface area contributed by atoms with Gasteiger partial charge in [0.05, 0.1) is 11.6 Å². The van der Waals surface area contributed by atoms with Gasteiger partial charge in [-0.3, -0.25) is 0 Å². The fraction of sp³-hybridized carbons (Fsp3) is 0.381. The Morgan fingerprint density at radius 3 is 2.41 bits per heavy atom. The highest BCUT2D eigenvalue weighted by molar-refractivity contribution is 5.77. The molecule has 3 nitrogen and oxygen atoms in total. The van der Waals surface area contributed by atoms with Crippen LogP contribution in [0.2, 0.25) is 0 Å². The van der Waals surface area contributed by atoms with Gasteiger partial charge in [-0.1, -0.05) is 36.4 Å². The molecule has 1 heterocycles. The lowest BCUT2D eigenvalue weighted by atomic mass is 9.88. The van der Waals surface area contributed by atoms with E-state index in [2.05, 4.69) is 5.32 Å². The zero-order valence-corrected chi connectivity index (χ0v) is 15.0. The minimum atomic E-state index is -4.37. The van der Waals surface area contributed by atoms with Gasteiger partial charge in [0.25, 0.3) is 0 Å². The van der Waals surface area contributed by atoms with E-state index >= 15 is 0 Å². The maximum atomic E-state index is 12.9. The average Bonchev–Trinajstić information content (AvgIpc) is 3.36. The number of hydrogen-bond donors (Lipinski definition) is 1. The predicted molar refractivity (Wildman–Crippen MR) is 96.3 cm³/mol. The third-order valence-electron chi connectivity index (χ3n) is 5.51. The molecule has 2 aromatic rings. The molecule has 2 aromatic carbocycles. The summed E-state index contributed by atoms with van der Waals surface area (Å²) in [6, 6.07) is 12.4. The van der Waals surface area contributed by atoms with Crippen LogP contribution in [0.4, 0.5) is 18.0 Å². The minimum absolute atomic E-state index is 0.154. The van der Waals surface area contributed by atoms with Gasteiger partial charge in [0, 0.05) is 12.1 Å². The number of amides is 2. The van der Waals surface area contributed by atoms with Crippen molar-refractivity contribution in [1.82, 2.24) is 10.2 Å². The summed E-state index contributed by atoms with van der Waals surface area (Å²) in [6.07, 6.45) is -1.74. The zero-order valence-electron chi connectivity index (χ0n) is 15.0. The largest absolute Gasteiger partial charge is 0.416 e. The van der Waals surface area contributed by atoms with Crippen LogP contribution in [0.15, 0.2) is 48.5 Å². The van der Waals surface area contributed by atoms with Crippen LogP contribution in [-0.4, -0.2) is 23.0 Å². The van der Waals surface area contributed by atoms with Crippen LogP contribution in [0, 0.1) is 0 Å².